The quantitative estimate of drug-likeness (QED) is 0.710. The van der Waals surface area contributed by atoms with Crippen molar-refractivity contribution in [3.63, 3.8) is 0 Å². The molecule has 1 nitrogen and oxygen atoms in total. The summed E-state index contributed by atoms with van der Waals surface area (Å²) in [6, 6.07) is 0. The van der Waals surface area contributed by atoms with Crippen molar-refractivity contribution >= 4 is 22.6 Å². The zero-order valence-electron chi connectivity index (χ0n) is 5.15. The highest BCUT2D eigenvalue weighted by Gasteiger charge is 2.60. The average Bonchev–Trinajstić information content (AvgIpc) is 1.55. The Labute approximate surface area is 66.6 Å². The smallest absolute Gasteiger partial charge is 0.304 e. The van der Waals surface area contributed by atoms with Gasteiger partial charge in [0.05, 0.1) is 5.41 Å². The maximum atomic E-state index is 11.3. The van der Waals surface area contributed by atoms with Crippen LogP contribution in [0.15, 0.2) is 11.5 Å². The summed E-state index contributed by atoms with van der Waals surface area (Å²) in [5.74, 6) is 0. The third-order valence-corrected chi connectivity index (χ3v) is 1.20. The summed E-state index contributed by atoms with van der Waals surface area (Å²) in [5.41, 5.74) is 4.55. The zero-order chi connectivity index (χ0) is 8.53. The molecule has 72 valence electrons. The Hall–Kier alpha value is -0.0100. The summed E-state index contributed by atoms with van der Waals surface area (Å²) in [7, 11) is -9.32. The first-order valence-electron chi connectivity index (χ1n) is 2.16. The molecule has 0 radical (unpaired) electrons. The molecule has 0 unspecified atom stereocenters. The van der Waals surface area contributed by atoms with E-state index in [0.29, 0.717) is 0 Å². The second-order valence-electron chi connectivity index (χ2n) is 1.64. The third-order valence-electron chi connectivity index (χ3n) is 0.489. The van der Waals surface area contributed by atoms with Gasteiger partial charge in [-0.1, -0.05) is 25.5 Å². The van der Waals surface area contributed by atoms with Crippen LogP contribution in [0.3, 0.4) is 0 Å². The fourth-order valence-corrected chi connectivity index (χ4v) is 0.712. The standard InChI is InChI=1S/C3H6F5NS.ClH/c4-10(5,6,7,8)3-1-2-9;/h1,3H,2,9H2;1H/b3-1+;. The molecule has 0 aliphatic rings. The van der Waals surface area contributed by atoms with Gasteiger partial charge in [0.1, 0.15) is 0 Å². The van der Waals surface area contributed by atoms with Gasteiger partial charge in [0, 0.05) is 6.54 Å². The molecule has 0 rings (SSSR count). The Balaban J connectivity index is 0. The summed E-state index contributed by atoms with van der Waals surface area (Å²) in [6.45, 7) is -0.550. The molecule has 8 heteroatoms. The van der Waals surface area contributed by atoms with E-state index < -0.39 is 22.2 Å². The van der Waals surface area contributed by atoms with E-state index in [2.05, 4.69) is 5.73 Å². The lowest BCUT2D eigenvalue weighted by molar-refractivity contribution is 0.384. The highest BCUT2D eigenvalue weighted by molar-refractivity contribution is 8.48. The Morgan fingerprint density at radius 2 is 1.45 bits per heavy atom. The Bertz CT molecular complexity index is 157. The van der Waals surface area contributed by atoms with E-state index in [-0.39, 0.29) is 18.5 Å². The van der Waals surface area contributed by atoms with Crippen LogP contribution >= 0.6 is 22.6 Å². The van der Waals surface area contributed by atoms with E-state index in [9.17, 15) is 19.4 Å². The van der Waals surface area contributed by atoms with E-state index in [0.717, 1.165) is 0 Å². The van der Waals surface area contributed by atoms with Crippen molar-refractivity contribution in [1.82, 2.24) is 0 Å². The average molecular weight is 220 g/mol. The molecule has 0 aromatic heterocycles. The third kappa shape index (κ3) is 13.1. The van der Waals surface area contributed by atoms with Gasteiger partial charge < -0.3 is 5.73 Å². The van der Waals surface area contributed by atoms with Gasteiger partial charge in [-0.2, -0.15) is 0 Å². The van der Waals surface area contributed by atoms with Crippen LogP contribution in [-0.4, -0.2) is 6.54 Å². The van der Waals surface area contributed by atoms with E-state index in [1.165, 1.54) is 0 Å². The second kappa shape index (κ2) is 2.49. The second-order valence-corrected chi connectivity index (χ2v) is 3.97. The van der Waals surface area contributed by atoms with Gasteiger partial charge in [0.15, 0.2) is 0 Å². The molecule has 0 aromatic rings. The lowest BCUT2D eigenvalue weighted by atomic mass is 10.7. The highest BCUT2D eigenvalue weighted by atomic mass is 35.5. The van der Waals surface area contributed by atoms with Crippen molar-refractivity contribution in [3.8, 4) is 0 Å². The van der Waals surface area contributed by atoms with Crippen molar-refractivity contribution in [2.45, 2.75) is 0 Å². The largest absolute Gasteiger partial charge is 0.327 e. The van der Waals surface area contributed by atoms with E-state index >= 15 is 0 Å². The topological polar surface area (TPSA) is 26.0 Å². The van der Waals surface area contributed by atoms with Crippen LogP contribution in [0.25, 0.3) is 0 Å². The molecular formula is C3H7ClF5NS. The lowest BCUT2D eigenvalue weighted by Crippen LogP contribution is -2.01. The Morgan fingerprint density at radius 3 is 1.55 bits per heavy atom. The van der Waals surface area contributed by atoms with Crippen LogP contribution in [0.4, 0.5) is 19.4 Å². The first kappa shape index (κ1) is 13.6. The minimum absolute atomic E-state index is 0. The minimum atomic E-state index is -9.32. The van der Waals surface area contributed by atoms with Gasteiger partial charge in [-0.25, -0.2) is 0 Å². The Kier molecular flexibility index (Phi) is 3.08. The minimum Gasteiger partial charge on any atom is -0.327 e. The lowest BCUT2D eigenvalue weighted by Gasteiger charge is -2.36. The molecule has 0 saturated heterocycles. The molecule has 11 heavy (non-hydrogen) atoms. The van der Waals surface area contributed by atoms with Crippen molar-refractivity contribution in [2.75, 3.05) is 6.54 Å². The molecule has 0 amide bonds. The van der Waals surface area contributed by atoms with Gasteiger partial charge in [-0.3, -0.25) is 0 Å². The highest BCUT2D eigenvalue weighted by Crippen LogP contribution is 2.98. The summed E-state index contributed by atoms with van der Waals surface area (Å²) in [4.78, 5) is 0. The first-order chi connectivity index (χ1) is 4.04. The molecule has 0 aromatic carbocycles. The first-order valence-corrected chi connectivity index (χ1v) is 4.17. The fraction of sp³-hybridized carbons (Fsp3) is 0.333. The van der Waals surface area contributed by atoms with Crippen LogP contribution in [0.1, 0.15) is 0 Å². The van der Waals surface area contributed by atoms with Gasteiger partial charge >= 0.3 is 10.2 Å². The van der Waals surface area contributed by atoms with Crippen molar-refractivity contribution < 1.29 is 19.4 Å². The number of hydrogen-bond donors (Lipinski definition) is 1. The predicted octanol–water partition coefficient (Wildman–Crippen LogP) is 3.18. The zero-order valence-corrected chi connectivity index (χ0v) is 6.78. The molecule has 0 heterocycles. The van der Waals surface area contributed by atoms with Crippen molar-refractivity contribution in [2.24, 2.45) is 5.73 Å². The fourth-order valence-electron chi connectivity index (χ4n) is 0.237. The maximum absolute atomic E-state index is 11.3. The summed E-state index contributed by atoms with van der Waals surface area (Å²) in [5, 5.41) is -1.06. The molecule has 0 aliphatic carbocycles. The van der Waals surface area contributed by atoms with Crippen LogP contribution in [0.2, 0.25) is 0 Å². The maximum Gasteiger partial charge on any atom is 0.304 e. The monoisotopic (exact) mass is 219 g/mol. The SMILES string of the molecule is Cl.NC/C=C/S(F)(F)(F)(F)F. The number of hydrogen-bond acceptors (Lipinski definition) is 1. The molecular weight excluding hydrogens is 213 g/mol. The van der Waals surface area contributed by atoms with Crippen molar-refractivity contribution in [3.05, 3.63) is 11.5 Å². The Morgan fingerprint density at radius 1 is 1.09 bits per heavy atom. The molecule has 2 N–H and O–H groups in total. The van der Waals surface area contributed by atoms with Gasteiger partial charge in [-0.15, -0.1) is 12.4 Å². The van der Waals surface area contributed by atoms with Crippen molar-refractivity contribution in [1.29, 1.82) is 0 Å². The van der Waals surface area contributed by atoms with Gasteiger partial charge in [-0.05, 0) is 0 Å². The van der Waals surface area contributed by atoms with Crippen LogP contribution in [0.5, 0.6) is 0 Å². The normalized spacial score (nSPS) is 18.7. The van der Waals surface area contributed by atoms with Crippen LogP contribution in [0, 0.1) is 0 Å². The van der Waals surface area contributed by atoms with E-state index in [1.807, 2.05) is 0 Å². The van der Waals surface area contributed by atoms with Gasteiger partial charge in [0.25, 0.3) is 0 Å². The molecule has 0 saturated carbocycles. The molecule has 0 spiro atoms. The predicted molar refractivity (Wildman–Crippen MR) is 38.6 cm³/mol. The van der Waals surface area contributed by atoms with Crippen LogP contribution < -0.4 is 5.73 Å². The van der Waals surface area contributed by atoms with E-state index in [1.54, 1.807) is 0 Å². The van der Waals surface area contributed by atoms with E-state index in [4.69, 9.17) is 0 Å². The summed E-state index contributed by atoms with van der Waals surface area (Å²) in [6.07, 6.45) is 0.182. The summed E-state index contributed by atoms with van der Waals surface area (Å²) < 4.78 is 56.3. The molecule has 0 aliphatic heterocycles. The summed E-state index contributed by atoms with van der Waals surface area (Å²) >= 11 is 0. The number of rotatable bonds is 2. The van der Waals surface area contributed by atoms with Gasteiger partial charge in [0.2, 0.25) is 0 Å². The number of nitrogens with two attached hydrogens (primary N) is 1. The molecule has 0 atom stereocenters. The molecule has 0 bridgehead atoms. The number of halogens is 6. The molecule has 0 fully saturated rings. The van der Waals surface area contributed by atoms with Crippen LogP contribution in [-0.2, 0) is 0 Å².